The van der Waals surface area contributed by atoms with Crippen LogP contribution >= 0.6 is 15.9 Å². The average Bonchev–Trinajstić information content (AvgIpc) is 2.70. The monoisotopic (exact) mass is 437 g/mol. The maximum absolute atomic E-state index is 9.10. The lowest BCUT2D eigenvalue weighted by molar-refractivity contribution is 0.155. The molecule has 1 N–H and O–H groups in total. The van der Waals surface area contributed by atoms with E-state index < -0.39 is 0 Å². The SMILES string of the molecule is COc1ccc(Br)c(CC2CCN(CCC3CCC(CCO)CC3)CC2)c1. The molecule has 152 valence electrons. The van der Waals surface area contributed by atoms with Gasteiger partial charge in [0.1, 0.15) is 5.75 Å². The summed E-state index contributed by atoms with van der Waals surface area (Å²) in [6.07, 6.45) is 11.6. The molecule has 0 atom stereocenters. The molecule has 3 rings (SSSR count). The molecule has 1 heterocycles. The maximum Gasteiger partial charge on any atom is 0.119 e. The molecule has 0 bridgehead atoms. The van der Waals surface area contributed by atoms with Crippen molar-refractivity contribution in [3.05, 3.63) is 28.2 Å². The Labute approximate surface area is 173 Å². The number of rotatable bonds is 8. The lowest BCUT2D eigenvalue weighted by Crippen LogP contribution is -2.36. The van der Waals surface area contributed by atoms with Gasteiger partial charge in [-0.25, -0.2) is 0 Å². The molecular weight excluding hydrogens is 402 g/mol. The summed E-state index contributed by atoms with van der Waals surface area (Å²) in [6, 6.07) is 6.32. The lowest BCUT2D eigenvalue weighted by Gasteiger charge is -2.34. The Bertz CT molecular complexity index is 563. The molecule has 2 aliphatic rings. The number of hydrogen-bond donors (Lipinski definition) is 1. The molecule has 1 saturated heterocycles. The first-order valence-corrected chi connectivity index (χ1v) is 11.6. The van der Waals surface area contributed by atoms with E-state index in [-0.39, 0.29) is 0 Å². The second-order valence-electron chi connectivity index (χ2n) is 8.63. The third kappa shape index (κ3) is 6.47. The highest BCUT2D eigenvalue weighted by Gasteiger charge is 2.24. The zero-order chi connectivity index (χ0) is 19.1. The Hall–Kier alpha value is -0.580. The summed E-state index contributed by atoms with van der Waals surface area (Å²) in [6.45, 7) is 4.17. The molecule has 1 aromatic rings. The molecule has 1 aliphatic carbocycles. The largest absolute Gasteiger partial charge is 0.497 e. The molecule has 0 spiro atoms. The third-order valence-electron chi connectivity index (χ3n) is 6.83. The third-order valence-corrected chi connectivity index (χ3v) is 7.60. The van der Waals surface area contributed by atoms with Crippen molar-refractivity contribution in [2.24, 2.45) is 17.8 Å². The maximum atomic E-state index is 9.10. The van der Waals surface area contributed by atoms with Gasteiger partial charge in [0.05, 0.1) is 7.11 Å². The van der Waals surface area contributed by atoms with Gasteiger partial charge in [-0.05, 0) is 93.3 Å². The summed E-state index contributed by atoms with van der Waals surface area (Å²) in [5.74, 6) is 3.46. The predicted octanol–water partition coefficient (Wildman–Crippen LogP) is 5.29. The fourth-order valence-electron chi connectivity index (χ4n) is 4.92. The smallest absolute Gasteiger partial charge is 0.119 e. The summed E-state index contributed by atoms with van der Waals surface area (Å²) >= 11 is 3.70. The summed E-state index contributed by atoms with van der Waals surface area (Å²) in [5.41, 5.74) is 1.38. The fraction of sp³-hybridized carbons (Fsp3) is 0.739. The standard InChI is InChI=1S/C23H36BrNO2/c1-27-22-6-7-23(24)21(17-22)16-20-9-13-25(14-10-20)12-8-18-2-4-19(5-3-18)11-15-26/h6-7,17-20,26H,2-5,8-16H2,1H3. The quantitative estimate of drug-likeness (QED) is 0.599. The highest BCUT2D eigenvalue weighted by atomic mass is 79.9. The van der Waals surface area contributed by atoms with Crippen molar-refractivity contribution in [2.75, 3.05) is 33.4 Å². The van der Waals surface area contributed by atoms with Crippen LogP contribution in [0.25, 0.3) is 0 Å². The van der Waals surface area contributed by atoms with Crippen LogP contribution < -0.4 is 4.74 Å². The van der Waals surface area contributed by atoms with Crippen LogP contribution in [0.5, 0.6) is 5.75 Å². The molecular formula is C23H36BrNO2. The molecule has 0 unspecified atom stereocenters. The van der Waals surface area contributed by atoms with Gasteiger partial charge < -0.3 is 14.7 Å². The summed E-state index contributed by atoms with van der Waals surface area (Å²) in [5, 5.41) is 9.10. The van der Waals surface area contributed by atoms with E-state index in [0.29, 0.717) is 6.61 Å². The van der Waals surface area contributed by atoms with E-state index in [0.717, 1.165) is 36.3 Å². The lowest BCUT2D eigenvalue weighted by atomic mass is 9.79. The van der Waals surface area contributed by atoms with E-state index in [2.05, 4.69) is 33.0 Å². The van der Waals surface area contributed by atoms with Crippen LogP contribution in [0.1, 0.15) is 56.9 Å². The minimum Gasteiger partial charge on any atom is -0.497 e. The number of piperidine rings is 1. The molecule has 4 heteroatoms. The second-order valence-corrected chi connectivity index (χ2v) is 9.49. The molecule has 2 fully saturated rings. The van der Waals surface area contributed by atoms with Crippen molar-refractivity contribution in [3.8, 4) is 5.75 Å². The van der Waals surface area contributed by atoms with Crippen LogP contribution in [0.4, 0.5) is 0 Å². The Kier molecular flexibility index (Phi) is 8.47. The Morgan fingerprint density at radius 2 is 1.67 bits per heavy atom. The molecule has 1 aromatic carbocycles. The molecule has 1 aliphatic heterocycles. The molecule has 1 saturated carbocycles. The zero-order valence-electron chi connectivity index (χ0n) is 16.8. The van der Waals surface area contributed by atoms with Gasteiger partial charge in [-0.1, -0.05) is 41.6 Å². The van der Waals surface area contributed by atoms with E-state index in [9.17, 15) is 0 Å². The van der Waals surface area contributed by atoms with Gasteiger partial charge in [-0.3, -0.25) is 0 Å². The van der Waals surface area contributed by atoms with E-state index >= 15 is 0 Å². The number of nitrogens with zero attached hydrogens (tertiary/aromatic N) is 1. The van der Waals surface area contributed by atoms with Crippen molar-refractivity contribution in [3.63, 3.8) is 0 Å². The van der Waals surface area contributed by atoms with Crippen LogP contribution in [-0.4, -0.2) is 43.4 Å². The first-order chi connectivity index (χ1) is 13.2. The zero-order valence-corrected chi connectivity index (χ0v) is 18.4. The molecule has 27 heavy (non-hydrogen) atoms. The highest BCUT2D eigenvalue weighted by molar-refractivity contribution is 9.10. The van der Waals surface area contributed by atoms with Gasteiger partial charge >= 0.3 is 0 Å². The number of methoxy groups -OCH3 is 1. The number of likely N-dealkylation sites (tertiary alicyclic amines) is 1. The summed E-state index contributed by atoms with van der Waals surface area (Å²) in [7, 11) is 1.74. The first kappa shape index (κ1) is 21.1. The van der Waals surface area contributed by atoms with Crippen LogP contribution in [-0.2, 0) is 6.42 Å². The molecule has 0 radical (unpaired) electrons. The van der Waals surface area contributed by atoms with Crippen molar-refractivity contribution >= 4 is 15.9 Å². The topological polar surface area (TPSA) is 32.7 Å². The number of benzene rings is 1. The Morgan fingerprint density at radius 3 is 2.30 bits per heavy atom. The number of ether oxygens (including phenoxy) is 1. The van der Waals surface area contributed by atoms with Crippen LogP contribution in [0, 0.1) is 17.8 Å². The minimum atomic E-state index is 0.372. The van der Waals surface area contributed by atoms with Gasteiger partial charge in [-0.2, -0.15) is 0 Å². The van der Waals surface area contributed by atoms with Gasteiger partial charge in [0.2, 0.25) is 0 Å². The van der Waals surface area contributed by atoms with E-state index in [4.69, 9.17) is 9.84 Å². The number of hydrogen-bond acceptors (Lipinski definition) is 3. The number of aliphatic hydroxyl groups is 1. The van der Waals surface area contributed by atoms with Crippen molar-refractivity contribution in [2.45, 2.75) is 57.8 Å². The molecule has 0 aromatic heterocycles. The van der Waals surface area contributed by atoms with Gasteiger partial charge in [0.25, 0.3) is 0 Å². The minimum absolute atomic E-state index is 0.372. The van der Waals surface area contributed by atoms with E-state index in [1.54, 1.807) is 7.11 Å². The van der Waals surface area contributed by atoms with Crippen molar-refractivity contribution in [1.82, 2.24) is 4.90 Å². The number of halogens is 1. The van der Waals surface area contributed by atoms with E-state index in [1.165, 1.54) is 74.6 Å². The van der Waals surface area contributed by atoms with Gasteiger partial charge in [0, 0.05) is 11.1 Å². The van der Waals surface area contributed by atoms with Crippen molar-refractivity contribution in [1.29, 1.82) is 0 Å². The van der Waals surface area contributed by atoms with Crippen LogP contribution in [0.15, 0.2) is 22.7 Å². The number of aliphatic hydroxyl groups excluding tert-OH is 1. The second kappa shape index (κ2) is 10.8. The summed E-state index contributed by atoms with van der Waals surface area (Å²) in [4.78, 5) is 2.69. The van der Waals surface area contributed by atoms with E-state index in [1.807, 2.05) is 6.07 Å². The highest BCUT2D eigenvalue weighted by Crippen LogP contribution is 2.33. The van der Waals surface area contributed by atoms with Crippen LogP contribution in [0.3, 0.4) is 0 Å². The van der Waals surface area contributed by atoms with Crippen molar-refractivity contribution < 1.29 is 9.84 Å². The normalized spacial score (nSPS) is 24.9. The van der Waals surface area contributed by atoms with Gasteiger partial charge in [-0.15, -0.1) is 0 Å². The Morgan fingerprint density at radius 1 is 1.00 bits per heavy atom. The predicted molar refractivity (Wildman–Crippen MR) is 115 cm³/mol. The average molecular weight is 438 g/mol. The van der Waals surface area contributed by atoms with Crippen LogP contribution in [0.2, 0.25) is 0 Å². The Balaban J connectivity index is 1.36. The fourth-order valence-corrected chi connectivity index (χ4v) is 5.32. The summed E-state index contributed by atoms with van der Waals surface area (Å²) < 4.78 is 6.59. The van der Waals surface area contributed by atoms with Gasteiger partial charge in [0.15, 0.2) is 0 Å². The first-order valence-electron chi connectivity index (χ1n) is 10.8. The molecule has 0 amide bonds. The molecule has 3 nitrogen and oxygen atoms in total.